The normalized spacial score (nSPS) is 15.2. The second-order valence-corrected chi connectivity index (χ2v) is 12.8. The molecule has 7 nitrogen and oxygen atoms in total. The van der Waals surface area contributed by atoms with Gasteiger partial charge in [-0.05, 0) is 66.6 Å². The van der Waals surface area contributed by atoms with Gasteiger partial charge < -0.3 is 14.0 Å². The summed E-state index contributed by atoms with van der Waals surface area (Å²) < 4.78 is 14.5. The summed E-state index contributed by atoms with van der Waals surface area (Å²) in [5.74, 6) is 2.44. The molecular formula is C32H38BrN4O3S+. The summed E-state index contributed by atoms with van der Waals surface area (Å²) in [6, 6.07) is 22.2. The van der Waals surface area contributed by atoms with Gasteiger partial charge in [-0.15, -0.1) is 0 Å². The van der Waals surface area contributed by atoms with Crippen LogP contribution in [0.15, 0.2) is 81.2 Å². The number of thioether (sulfide) groups is 1. The highest BCUT2D eigenvalue weighted by atomic mass is 79.9. The molecule has 41 heavy (non-hydrogen) atoms. The second kappa shape index (κ2) is 13.4. The first-order valence-electron chi connectivity index (χ1n) is 14.0. The van der Waals surface area contributed by atoms with Crippen molar-refractivity contribution in [3.8, 4) is 11.5 Å². The minimum absolute atomic E-state index is 0.0202. The van der Waals surface area contributed by atoms with E-state index in [1.54, 1.807) is 26.0 Å². The zero-order chi connectivity index (χ0) is 28.8. The van der Waals surface area contributed by atoms with Gasteiger partial charge in [0.25, 0.3) is 5.56 Å². The third-order valence-electron chi connectivity index (χ3n) is 7.87. The van der Waals surface area contributed by atoms with E-state index in [1.807, 2.05) is 53.1 Å². The first kappa shape index (κ1) is 29.6. The Morgan fingerprint density at radius 3 is 2.41 bits per heavy atom. The summed E-state index contributed by atoms with van der Waals surface area (Å²) in [6.45, 7) is 6.97. The van der Waals surface area contributed by atoms with Gasteiger partial charge in [0, 0.05) is 42.0 Å². The van der Waals surface area contributed by atoms with E-state index in [4.69, 9.17) is 14.5 Å². The van der Waals surface area contributed by atoms with E-state index in [1.165, 1.54) is 5.56 Å². The van der Waals surface area contributed by atoms with Gasteiger partial charge in [-0.1, -0.05) is 39.8 Å². The van der Waals surface area contributed by atoms with Crippen molar-refractivity contribution in [2.24, 2.45) is 0 Å². The number of fused-ring (bicyclic) bond motifs is 1. The monoisotopic (exact) mass is 637 g/mol. The third-order valence-corrected chi connectivity index (χ3v) is 9.42. The Bertz CT molecular complexity index is 1530. The molecule has 2 heterocycles. The van der Waals surface area contributed by atoms with Crippen molar-refractivity contribution in [2.75, 3.05) is 54.0 Å². The van der Waals surface area contributed by atoms with Crippen molar-refractivity contribution >= 4 is 38.6 Å². The average Bonchev–Trinajstić information content (AvgIpc) is 2.99. The standard InChI is InChI=1S/C32H38BrN4O3S/c1-37(22-24-8-11-27(39-2)12-9-24)18-16-35(17-19-37)14-5-15-36-31(38)29-21-26(33)10-13-30(29)34-32(36)41-23-25-6-4-7-28(20-25)40-3/h4,6-13,20-21H,5,14-19,22-23H2,1-3H3/q+1. The largest absolute Gasteiger partial charge is 0.497 e. The molecule has 9 heteroatoms. The van der Waals surface area contributed by atoms with Gasteiger partial charge in [-0.3, -0.25) is 14.3 Å². The maximum absolute atomic E-state index is 13.6. The molecule has 0 radical (unpaired) electrons. The lowest BCUT2D eigenvalue weighted by Crippen LogP contribution is -2.56. The summed E-state index contributed by atoms with van der Waals surface area (Å²) in [5.41, 5.74) is 3.23. The quantitative estimate of drug-likeness (QED) is 0.117. The molecule has 5 rings (SSSR count). The SMILES string of the molecule is COc1ccc(C[N+]2(C)CCN(CCCn3c(SCc4cccc(OC)c4)nc4ccc(Br)cc4c3=O)CC2)cc1. The van der Waals surface area contributed by atoms with Gasteiger partial charge in [-0.25, -0.2) is 4.98 Å². The Hall–Kier alpha value is -2.85. The predicted molar refractivity (Wildman–Crippen MR) is 170 cm³/mol. The van der Waals surface area contributed by atoms with Crippen LogP contribution in [0.2, 0.25) is 0 Å². The van der Waals surface area contributed by atoms with Crippen molar-refractivity contribution < 1.29 is 14.0 Å². The van der Waals surface area contributed by atoms with E-state index in [0.717, 1.165) is 82.4 Å². The first-order chi connectivity index (χ1) is 19.9. The molecule has 4 aromatic rings. The number of benzene rings is 3. The van der Waals surface area contributed by atoms with E-state index < -0.39 is 0 Å². The molecular weight excluding hydrogens is 600 g/mol. The van der Waals surface area contributed by atoms with Crippen LogP contribution in [0.25, 0.3) is 10.9 Å². The lowest BCUT2D eigenvalue weighted by Gasteiger charge is -2.42. The van der Waals surface area contributed by atoms with Gasteiger partial charge >= 0.3 is 0 Å². The van der Waals surface area contributed by atoms with Crippen LogP contribution in [-0.4, -0.2) is 72.9 Å². The molecule has 0 amide bonds. The fourth-order valence-electron chi connectivity index (χ4n) is 5.39. The number of quaternary nitrogens is 1. The van der Waals surface area contributed by atoms with Crippen LogP contribution in [0.3, 0.4) is 0 Å². The minimum atomic E-state index is 0.0202. The molecule has 0 aliphatic carbocycles. The molecule has 0 spiro atoms. The predicted octanol–water partition coefficient (Wildman–Crippen LogP) is 5.82. The fraction of sp³-hybridized carbons (Fsp3) is 0.375. The smallest absolute Gasteiger partial charge is 0.262 e. The van der Waals surface area contributed by atoms with Crippen molar-refractivity contribution in [1.29, 1.82) is 0 Å². The third kappa shape index (κ3) is 7.52. The number of halogens is 1. The van der Waals surface area contributed by atoms with Gasteiger partial charge in [0.2, 0.25) is 0 Å². The lowest BCUT2D eigenvalue weighted by molar-refractivity contribution is -0.926. The Balaban J connectivity index is 1.23. The molecule has 3 aromatic carbocycles. The molecule has 0 bridgehead atoms. The second-order valence-electron chi connectivity index (χ2n) is 10.9. The number of hydrogen-bond acceptors (Lipinski definition) is 6. The first-order valence-corrected chi connectivity index (χ1v) is 15.8. The van der Waals surface area contributed by atoms with E-state index in [0.29, 0.717) is 17.7 Å². The van der Waals surface area contributed by atoms with Crippen molar-refractivity contribution in [3.05, 3.63) is 92.7 Å². The van der Waals surface area contributed by atoms with Crippen LogP contribution < -0.4 is 15.0 Å². The number of aromatic nitrogens is 2. The average molecular weight is 639 g/mol. The maximum atomic E-state index is 13.6. The topological polar surface area (TPSA) is 56.6 Å². The molecule has 1 aliphatic heterocycles. The van der Waals surface area contributed by atoms with Crippen molar-refractivity contribution in [2.45, 2.75) is 30.4 Å². The number of likely N-dealkylation sites (N-methyl/N-ethyl adjacent to an activating group) is 1. The minimum Gasteiger partial charge on any atom is -0.497 e. The van der Waals surface area contributed by atoms with Crippen LogP contribution in [-0.2, 0) is 18.8 Å². The Labute approximate surface area is 254 Å². The molecule has 0 unspecified atom stereocenters. The summed E-state index contributed by atoms with van der Waals surface area (Å²) in [7, 11) is 5.73. The van der Waals surface area contributed by atoms with E-state index in [-0.39, 0.29) is 5.56 Å². The zero-order valence-electron chi connectivity index (χ0n) is 24.0. The molecule has 0 atom stereocenters. The van der Waals surface area contributed by atoms with Crippen molar-refractivity contribution in [1.82, 2.24) is 14.5 Å². The number of rotatable bonds is 11. The van der Waals surface area contributed by atoms with Gasteiger partial charge in [-0.2, -0.15) is 0 Å². The van der Waals surface area contributed by atoms with Crippen LogP contribution in [0, 0.1) is 0 Å². The van der Waals surface area contributed by atoms with Crippen LogP contribution in [0.5, 0.6) is 11.5 Å². The summed E-state index contributed by atoms with van der Waals surface area (Å²) in [4.78, 5) is 21.1. The van der Waals surface area contributed by atoms with E-state index in [2.05, 4.69) is 46.1 Å². The highest BCUT2D eigenvalue weighted by molar-refractivity contribution is 9.10. The number of nitrogens with zero attached hydrogens (tertiary/aromatic N) is 4. The molecule has 1 aliphatic rings. The Kier molecular flexibility index (Phi) is 9.70. The van der Waals surface area contributed by atoms with Crippen LogP contribution in [0.1, 0.15) is 17.5 Å². The molecule has 216 valence electrons. The fourth-order valence-corrected chi connectivity index (χ4v) is 6.71. The highest BCUT2D eigenvalue weighted by Gasteiger charge is 2.28. The van der Waals surface area contributed by atoms with Gasteiger partial charge in [0.05, 0.1) is 45.3 Å². The molecule has 1 fully saturated rings. The Morgan fingerprint density at radius 1 is 0.927 bits per heavy atom. The molecule has 0 saturated carbocycles. The lowest BCUT2D eigenvalue weighted by atomic mass is 10.1. The van der Waals surface area contributed by atoms with Gasteiger partial charge in [0.15, 0.2) is 5.16 Å². The van der Waals surface area contributed by atoms with Gasteiger partial charge in [0.1, 0.15) is 18.0 Å². The van der Waals surface area contributed by atoms with Crippen LogP contribution in [0.4, 0.5) is 0 Å². The van der Waals surface area contributed by atoms with Crippen molar-refractivity contribution in [3.63, 3.8) is 0 Å². The molecule has 0 N–H and O–H groups in total. The van der Waals surface area contributed by atoms with Crippen LogP contribution >= 0.6 is 27.7 Å². The van der Waals surface area contributed by atoms with E-state index in [9.17, 15) is 4.79 Å². The zero-order valence-corrected chi connectivity index (χ0v) is 26.4. The summed E-state index contributed by atoms with van der Waals surface area (Å²) >= 11 is 5.12. The number of ether oxygens (including phenoxy) is 2. The Morgan fingerprint density at radius 2 is 1.68 bits per heavy atom. The molecule has 1 saturated heterocycles. The summed E-state index contributed by atoms with van der Waals surface area (Å²) in [5, 5.41) is 1.41. The number of piperazine rings is 1. The number of methoxy groups -OCH3 is 2. The summed E-state index contributed by atoms with van der Waals surface area (Å²) in [6.07, 6.45) is 0.899. The maximum Gasteiger partial charge on any atom is 0.262 e. The van der Waals surface area contributed by atoms with E-state index >= 15 is 0 Å². The highest BCUT2D eigenvalue weighted by Crippen LogP contribution is 2.26. The number of hydrogen-bond donors (Lipinski definition) is 0. The molecule has 1 aromatic heterocycles.